The predicted molar refractivity (Wildman–Crippen MR) is 121 cm³/mol. The van der Waals surface area contributed by atoms with Crippen molar-refractivity contribution in [3.8, 4) is 11.1 Å². The zero-order valence-electron chi connectivity index (χ0n) is 17.8. The summed E-state index contributed by atoms with van der Waals surface area (Å²) in [7, 11) is 1.52. The summed E-state index contributed by atoms with van der Waals surface area (Å²) < 4.78 is 6.68. The molecule has 33 heavy (non-hydrogen) atoms. The van der Waals surface area contributed by atoms with E-state index in [1.807, 2.05) is 36.4 Å². The molecule has 0 bridgehead atoms. The maximum atomic E-state index is 12.1. The first-order valence-corrected chi connectivity index (χ1v) is 10.3. The number of ether oxygens (including phenoxy) is 1. The van der Waals surface area contributed by atoms with Gasteiger partial charge >= 0.3 is 12.1 Å². The zero-order chi connectivity index (χ0) is 23.4. The fraction of sp³-hybridized carbons (Fsp3) is 0.167. The molecule has 1 aliphatic rings. The zero-order valence-corrected chi connectivity index (χ0v) is 17.8. The number of carbonyl (C=O) groups is 3. The van der Waals surface area contributed by atoms with Crippen LogP contribution in [0, 0.1) is 0 Å². The van der Waals surface area contributed by atoms with E-state index in [2.05, 4.69) is 27.9 Å². The number of nitrogens with zero attached hydrogens (tertiary/aromatic N) is 2. The second kappa shape index (κ2) is 9.39. The molecule has 2 aromatic carbocycles. The number of aromatic carboxylic acids is 1. The van der Waals surface area contributed by atoms with Crippen LogP contribution in [0.5, 0.6) is 0 Å². The van der Waals surface area contributed by atoms with E-state index in [1.165, 1.54) is 23.9 Å². The molecule has 1 aliphatic carbocycles. The average Bonchev–Trinajstić information content (AvgIpc) is 3.33. The third-order valence-electron chi connectivity index (χ3n) is 5.39. The normalized spacial score (nSPS) is 12.3. The van der Waals surface area contributed by atoms with E-state index < -0.39 is 18.0 Å². The Morgan fingerprint density at radius 3 is 2.36 bits per heavy atom. The molecular formula is C24H22N4O5. The molecule has 9 heteroatoms. The molecule has 0 fully saturated rings. The molecule has 4 rings (SSSR count). The standard InChI is InChI=1S/C24H22N4O5/c1-28-22(19(13-26-28)23(30)31)27-21(29)11-6-12-25-24(32)33-14-20-17-9-4-2-7-15(17)16-8-3-5-10-18(16)20/h2-11,13,20H,12,14H2,1H3,(H,25,32)(H,27,29)(H,30,31)/b11-6+. The maximum Gasteiger partial charge on any atom is 0.407 e. The Hall–Kier alpha value is -4.40. The van der Waals surface area contributed by atoms with E-state index >= 15 is 0 Å². The number of carboxylic acid groups (broad SMARTS) is 1. The fourth-order valence-corrected chi connectivity index (χ4v) is 3.86. The van der Waals surface area contributed by atoms with Crippen molar-refractivity contribution in [1.82, 2.24) is 15.1 Å². The van der Waals surface area contributed by atoms with Crippen LogP contribution in [0.15, 0.2) is 66.9 Å². The van der Waals surface area contributed by atoms with Gasteiger partial charge in [-0.2, -0.15) is 5.10 Å². The Kier molecular flexibility index (Phi) is 6.21. The number of fused-ring (bicyclic) bond motifs is 3. The van der Waals surface area contributed by atoms with Gasteiger partial charge in [-0.1, -0.05) is 54.6 Å². The molecule has 1 heterocycles. The number of carboxylic acids is 1. The lowest BCUT2D eigenvalue weighted by Gasteiger charge is -2.14. The van der Waals surface area contributed by atoms with E-state index in [9.17, 15) is 14.4 Å². The SMILES string of the molecule is Cn1ncc(C(=O)O)c1NC(=O)/C=C/CNC(=O)OCC1c2ccccc2-c2ccccc21. The number of aromatic nitrogens is 2. The van der Waals surface area contributed by atoms with E-state index in [-0.39, 0.29) is 30.5 Å². The third kappa shape index (κ3) is 4.62. The number of hydrogen-bond acceptors (Lipinski definition) is 5. The Balaban J connectivity index is 1.28. The first kappa shape index (κ1) is 21.8. The molecular weight excluding hydrogens is 424 g/mol. The second-order valence-corrected chi connectivity index (χ2v) is 7.43. The number of amides is 2. The number of aryl methyl sites for hydroxylation is 1. The lowest BCUT2D eigenvalue weighted by Crippen LogP contribution is -2.26. The first-order chi connectivity index (χ1) is 16.0. The molecule has 0 saturated carbocycles. The molecule has 1 aromatic heterocycles. The molecule has 0 radical (unpaired) electrons. The first-order valence-electron chi connectivity index (χ1n) is 10.3. The number of hydrogen-bond donors (Lipinski definition) is 3. The highest BCUT2D eigenvalue weighted by atomic mass is 16.5. The predicted octanol–water partition coefficient (Wildman–Crippen LogP) is 3.15. The fourth-order valence-electron chi connectivity index (χ4n) is 3.86. The van der Waals surface area contributed by atoms with Crippen molar-refractivity contribution in [3.63, 3.8) is 0 Å². The molecule has 3 N–H and O–H groups in total. The van der Waals surface area contributed by atoms with Gasteiger partial charge in [0.2, 0.25) is 5.91 Å². The van der Waals surface area contributed by atoms with E-state index in [1.54, 1.807) is 0 Å². The van der Waals surface area contributed by atoms with Crippen molar-refractivity contribution < 1.29 is 24.2 Å². The molecule has 3 aromatic rings. The Bertz CT molecular complexity index is 1200. The summed E-state index contributed by atoms with van der Waals surface area (Å²) in [4.78, 5) is 35.3. The summed E-state index contributed by atoms with van der Waals surface area (Å²) in [6, 6.07) is 16.1. The van der Waals surface area contributed by atoms with Gasteiger partial charge in [-0.3, -0.25) is 9.48 Å². The van der Waals surface area contributed by atoms with Gasteiger partial charge in [0.15, 0.2) is 0 Å². The highest BCUT2D eigenvalue weighted by molar-refractivity contribution is 6.03. The van der Waals surface area contributed by atoms with Gasteiger partial charge in [0.25, 0.3) is 0 Å². The van der Waals surface area contributed by atoms with Crippen LogP contribution in [0.2, 0.25) is 0 Å². The maximum absolute atomic E-state index is 12.1. The number of carbonyl (C=O) groups excluding carboxylic acids is 2. The number of rotatable bonds is 7. The third-order valence-corrected chi connectivity index (χ3v) is 5.39. The molecule has 2 amide bonds. The van der Waals surface area contributed by atoms with Gasteiger partial charge in [-0.25, -0.2) is 9.59 Å². The minimum absolute atomic E-state index is 0.0354. The Morgan fingerprint density at radius 1 is 1.09 bits per heavy atom. The van der Waals surface area contributed by atoms with E-state index in [0.29, 0.717) is 0 Å². The largest absolute Gasteiger partial charge is 0.477 e. The van der Waals surface area contributed by atoms with Crippen LogP contribution >= 0.6 is 0 Å². The molecule has 0 aliphatic heterocycles. The van der Waals surface area contributed by atoms with Crippen molar-refractivity contribution in [3.05, 3.63) is 83.6 Å². The molecule has 9 nitrogen and oxygen atoms in total. The van der Waals surface area contributed by atoms with Crippen molar-refractivity contribution >= 4 is 23.8 Å². The van der Waals surface area contributed by atoms with Gasteiger partial charge in [0.05, 0.1) is 6.20 Å². The molecule has 0 saturated heterocycles. The number of anilines is 1. The monoisotopic (exact) mass is 446 g/mol. The molecule has 168 valence electrons. The lowest BCUT2D eigenvalue weighted by atomic mass is 9.98. The van der Waals surface area contributed by atoms with Crippen molar-refractivity contribution in [1.29, 1.82) is 0 Å². The lowest BCUT2D eigenvalue weighted by molar-refractivity contribution is -0.112. The van der Waals surface area contributed by atoms with Crippen molar-refractivity contribution in [2.75, 3.05) is 18.5 Å². The smallest absolute Gasteiger partial charge is 0.407 e. The summed E-state index contributed by atoms with van der Waals surface area (Å²) >= 11 is 0. The highest BCUT2D eigenvalue weighted by Gasteiger charge is 2.28. The highest BCUT2D eigenvalue weighted by Crippen LogP contribution is 2.44. The van der Waals surface area contributed by atoms with Crippen LogP contribution in [0.25, 0.3) is 11.1 Å². The van der Waals surface area contributed by atoms with Gasteiger partial charge in [0.1, 0.15) is 18.0 Å². The van der Waals surface area contributed by atoms with Crippen LogP contribution in [0.3, 0.4) is 0 Å². The van der Waals surface area contributed by atoms with E-state index in [0.717, 1.165) is 28.5 Å². The van der Waals surface area contributed by atoms with Crippen LogP contribution in [-0.4, -0.2) is 46.0 Å². The molecule has 0 atom stereocenters. The van der Waals surface area contributed by atoms with Crippen LogP contribution in [0.1, 0.15) is 27.4 Å². The summed E-state index contributed by atoms with van der Waals surface area (Å²) in [6.07, 6.45) is 3.19. The average molecular weight is 446 g/mol. The topological polar surface area (TPSA) is 123 Å². The summed E-state index contributed by atoms with van der Waals surface area (Å²) in [5.41, 5.74) is 4.43. The van der Waals surface area contributed by atoms with Crippen LogP contribution in [-0.2, 0) is 16.6 Å². The second-order valence-electron chi connectivity index (χ2n) is 7.43. The van der Waals surface area contributed by atoms with Crippen LogP contribution in [0.4, 0.5) is 10.6 Å². The number of nitrogens with one attached hydrogen (secondary N) is 2. The number of alkyl carbamates (subject to hydrolysis) is 1. The molecule has 0 unspecified atom stereocenters. The van der Waals surface area contributed by atoms with Gasteiger partial charge in [-0.15, -0.1) is 0 Å². The quantitative estimate of drug-likeness (QED) is 0.479. The van der Waals surface area contributed by atoms with E-state index in [4.69, 9.17) is 9.84 Å². The van der Waals surface area contributed by atoms with Gasteiger partial charge in [-0.05, 0) is 22.3 Å². The van der Waals surface area contributed by atoms with Crippen LogP contribution < -0.4 is 10.6 Å². The van der Waals surface area contributed by atoms with Crippen molar-refractivity contribution in [2.24, 2.45) is 7.05 Å². The summed E-state index contributed by atoms with van der Waals surface area (Å²) in [5.74, 6) is -1.71. The Labute approximate surface area is 189 Å². The Morgan fingerprint density at radius 2 is 1.73 bits per heavy atom. The van der Waals surface area contributed by atoms with Gasteiger partial charge in [0, 0.05) is 25.6 Å². The van der Waals surface area contributed by atoms with Crippen molar-refractivity contribution in [2.45, 2.75) is 5.92 Å². The summed E-state index contributed by atoms with van der Waals surface area (Å²) in [5, 5.41) is 18.0. The minimum Gasteiger partial charge on any atom is -0.477 e. The van der Waals surface area contributed by atoms with Gasteiger partial charge < -0.3 is 20.5 Å². The summed E-state index contributed by atoms with van der Waals surface area (Å²) in [6.45, 7) is 0.268. The minimum atomic E-state index is -1.20. The number of benzene rings is 2. The molecule has 0 spiro atoms.